The molecule has 2 aliphatic rings. The predicted octanol–water partition coefficient (Wildman–Crippen LogP) is 1.43. The lowest BCUT2D eigenvalue weighted by Crippen LogP contribution is -2.58. The van der Waals surface area contributed by atoms with Gasteiger partial charge in [0, 0.05) is 31.3 Å². The molecule has 0 N–H and O–H groups in total. The van der Waals surface area contributed by atoms with Crippen molar-refractivity contribution in [2.24, 2.45) is 5.41 Å². The van der Waals surface area contributed by atoms with Crippen molar-refractivity contribution in [3.8, 4) is 5.88 Å². The van der Waals surface area contributed by atoms with Gasteiger partial charge in [-0.05, 0) is 31.4 Å². The van der Waals surface area contributed by atoms with Crippen LogP contribution in [0.2, 0.25) is 0 Å². The lowest BCUT2D eigenvalue weighted by atomic mass is 9.73. The van der Waals surface area contributed by atoms with Gasteiger partial charge < -0.3 is 9.47 Å². The smallest absolute Gasteiger partial charge is 0.250 e. The summed E-state index contributed by atoms with van der Waals surface area (Å²) in [4.78, 5) is 3.89. The van der Waals surface area contributed by atoms with Gasteiger partial charge in [-0.2, -0.15) is 0 Å². The van der Waals surface area contributed by atoms with E-state index in [-0.39, 0.29) is 18.6 Å². The Morgan fingerprint density at radius 2 is 2.39 bits per heavy atom. The molecule has 1 aromatic heterocycles. The van der Waals surface area contributed by atoms with Gasteiger partial charge in [0.05, 0.1) is 19.0 Å². The second-order valence-electron chi connectivity index (χ2n) is 6.29. The maximum absolute atomic E-state index is 13.7. The highest BCUT2D eigenvalue weighted by Gasteiger charge is 2.48. The van der Waals surface area contributed by atoms with Gasteiger partial charge in [0.1, 0.15) is 0 Å². The van der Waals surface area contributed by atoms with Crippen molar-refractivity contribution in [3.05, 3.63) is 24.1 Å². The summed E-state index contributed by atoms with van der Waals surface area (Å²) >= 11 is 0. The van der Waals surface area contributed by atoms with Crippen molar-refractivity contribution in [3.63, 3.8) is 0 Å². The van der Waals surface area contributed by atoms with Crippen molar-refractivity contribution < 1.29 is 22.3 Å². The lowest BCUT2D eigenvalue weighted by molar-refractivity contribution is -0.128. The van der Waals surface area contributed by atoms with E-state index in [1.165, 1.54) is 28.9 Å². The summed E-state index contributed by atoms with van der Waals surface area (Å²) in [5, 5.41) is 0. The molecule has 0 spiro atoms. The van der Waals surface area contributed by atoms with Gasteiger partial charge in [0.2, 0.25) is 15.9 Å². The van der Waals surface area contributed by atoms with E-state index in [1.807, 2.05) is 0 Å². The zero-order valence-electron chi connectivity index (χ0n) is 13.1. The van der Waals surface area contributed by atoms with E-state index in [0.29, 0.717) is 26.1 Å². The number of piperidine rings is 1. The van der Waals surface area contributed by atoms with E-state index in [9.17, 15) is 12.8 Å². The highest BCUT2D eigenvalue weighted by Crippen LogP contribution is 2.41. The number of hydrogen-bond donors (Lipinski definition) is 0. The van der Waals surface area contributed by atoms with Crippen LogP contribution in [0.15, 0.2) is 18.3 Å². The van der Waals surface area contributed by atoms with Crippen LogP contribution >= 0.6 is 0 Å². The molecule has 23 heavy (non-hydrogen) atoms. The number of fused-ring (bicyclic) bond motifs is 1. The normalized spacial score (nSPS) is 29.0. The fourth-order valence-electron chi connectivity index (χ4n) is 3.43. The molecule has 6 nitrogen and oxygen atoms in total. The van der Waals surface area contributed by atoms with Crippen molar-refractivity contribution in [1.82, 2.24) is 9.29 Å². The average molecular weight is 344 g/mol. The van der Waals surface area contributed by atoms with Crippen LogP contribution in [-0.2, 0) is 14.8 Å². The number of hydrogen-bond acceptors (Lipinski definition) is 5. The number of aromatic nitrogens is 1. The maximum atomic E-state index is 13.7. The quantitative estimate of drug-likeness (QED) is 0.826. The van der Waals surface area contributed by atoms with E-state index in [0.717, 1.165) is 12.8 Å². The Kier molecular flexibility index (Phi) is 4.57. The minimum atomic E-state index is -3.27. The molecule has 8 heteroatoms. The zero-order valence-corrected chi connectivity index (χ0v) is 13.9. The van der Waals surface area contributed by atoms with Crippen LogP contribution in [0.25, 0.3) is 0 Å². The standard InChI is InChI=1S/C15H21FN2O4S/c1-23(19,20)18-8-5-13-15(10-18,6-3-9-21-13)11-22-14-12(16)4-2-7-17-14/h2,4,7,13H,3,5-6,8-11H2,1H3/t13-,15+/m1/s1. The fraction of sp³-hybridized carbons (Fsp3) is 0.667. The minimum Gasteiger partial charge on any atom is -0.475 e. The molecule has 0 saturated carbocycles. The first-order valence-electron chi connectivity index (χ1n) is 7.71. The molecule has 0 bridgehead atoms. The molecule has 0 amide bonds. The third kappa shape index (κ3) is 3.49. The van der Waals surface area contributed by atoms with Gasteiger partial charge in [0.25, 0.3) is 0 Å². The zero-order chi connectivity index (χ0) is 16.5. The van der Waals surface area contributed by atoms with E-state index in [2.05, 4.69) is 4.98 Å². The Morgan fingerprint density at radius 1 is 1.57 bits per heavy atom. The molecule has 0 aromatic carbocycles. The summed E-state index contributed by atoms with van der Waals surface area (Å²) in [5.74, 6) is -0.573. The summed E-state index contributed by atoms with van der Waals surface area (Å²) in [5.41, 5.74) is -0.455. The highest BCUT2D eigenvalue weighted by atomic mass is 32.2. The molecule has 0 radical (unpaired) electrons. The van der Waals surface area contributed by atoms with Gasteiger partial charge in [0.15, 0.2) is 5.82 Å². The SMILES string of the molecule is CS(=O)(=O)N1CC[C@H]2OCCC[C@@]2(COc2ncccc2F)C1. The molecular formula is C15H21FN2O4S. The van der Waals surface area contributed by atoms with Gasteiger partial charge in [-0.3, -0.25) is 0 Å². The van der Waals surface area contributed by atoms with E-state index < -0.39 is 21.3 Å². The van der Waals surface area contributed by atoms with Crippen molar-refractivity contribution in [1.29, 1.82) is 0 Å². The van der Waals surface area contributed by atoms with E-state index in [4.69, 9.17) is 9.47 Å². The van der Waals surface area contributed by atoms with Crippen LogP contribution in [0.1, 0.15) is 19.3 Å². The van der Waals surface area contributed by atoms with Gasteiger partial charge in [-0.25, -0.2) is 22.1 Å². The summed E-state index contributed by atoms with van der Waals surface area (Å²) < 4.78 is 50.4. The van der Waals surface area contributed by atoms with Gasteiger partial charge in [-0.15, -0.1) is 0 Å². The molecule has 2 saturated heterocycles. The van der Waals surface area contributed by atoms with Crippen LogP contribution in [0, 0.1) is 11.2 Å². The average Bonchev–Trinajstić information content (AvgIpc) is 2.53. The summed E-state index contributed by atoms with van der Waals surface area (Å²) in [7, 11) is -3.27. The largest absolute Gasteiger partial charge is 0.475 e. The second kappa shape index (κ2) is 6.33. The number of halogens is 1. The lowest BCUT2D eigenvalue weighted by Gasteiger charge is -2.49. The molecular weight excluding hydrogens is 323 g/mol. The van der Waals surface area contributed by atoms with Crippen molar-refractivity contribution in [2.45, 2.75) is 25.4 Å². The molecule has 2 atom stereocenters. The Bertz CT molecular complexity index is 669. The Balaban J connectivity index is 1.80. The molecule has 128 valence electrons. The summed E-state index contributed by atoms with van der Waals surface area (Å²) in [6.45, 7) is 1.65. The summed E-state index contributed by atoms with van der Waals surface area (Å²) in [6.07, 6.45) is 4.86. The summed E-state index contributed by atoms with van der Waals surface area (Å²) in [6, 6.07) is 2.79. The molecule has 3 rings (SSSR count). The van der Waals surface area contributed by atoms with Crippen molar-refractivity contribution in [2.75, 3.05) is 32.6 Å². The first-order valence-corrected chi connectivity index (χ1v) is 9.56. The molecule has 2 fully saturated rings. The molecule has 1 aromatic rings. The van der Waals surface area contributed by atoms with Crippen LogP contribution in [0.5, 0.6) is 5.88 Å². The first-order chi connectivity index (χ1) is 10.9. The van der Waals surface area contributed by atoms with Crippen LogP contribution in [0.3, 0.4) is 0 Å². The molecule has 0 unspecified atom stereocenters. The maximum Gasteiger partial charge on any atom is 0.250 e. The third-order valence-electron chi connectivity index (χ3n) is 4.64. The van der Waals surface area contributed by atoms with E-state index >= 15 is 0 Å². The Hall–Kier alpha value is -1.25. The van der Waals surface area contributed by atoms with E-state index in [1.54, 1.807) is 0 Å². The van der Waals surface area contributed by atoms with Gasteiger partial charge in [-0.1, -0.05) is 0 Å². The van der Waals surface area contributed by atoms with Crippen molar-refractivity contribution >= 4 is 10.0 Å². The van der Waals surface area contributed by atoms with Gasteiger partial charge >= 0.3 is 0 Å². The van der Waals surface area contributed by atoms with Crippen LogP contribution < -0.4 is 4.74 Å². The second-order valence-corrected chi connectivity index (χ2v) is 8.27. The number of nitrogens with zero attached hydrogens (tertiary/aromatic N) is 2. The highest BCUT2D eigenvalue weighted by molar-refractivity contribution is 7.88. The number of pyridine rings is 1. The Labute approximate surface area is 135 Å². The monoisotopic (exact) mass is 344 g/mol. The minimum absolute atomic E-state index is 0.0531. The molecule has 0 aliphatic carbocycles. The Morgan fingerprint density at radius 3 is 3.13 bits per heavy atom. The number of ether oxygens (including phenoxy) is 2. The number of sulfonamides is 1. The fourth-order valence-corrected chi connectivity index (χ4v) is 4.36. The molecule has 3 heterocycles. The first kappa shape index (κ1) is 16.6. The third-order valence-corrected chi connectivity index (χ3v) is 5.89. The topological polar surface area (TPSA) is 68.7 Å². The van der Waals surface area contributed by atoms with Crippen LogP contribution in [-0.4, -0.2) is 56.4 Å². The predicted molar refractivity (Wildman–Crippen MR) is 82.1 cm³/mol. The van der Waals surface area contributed by atoms with Crippen LogP contribution in [0.4, 0.5) is 4.39 Å². The molecule has 2 aliphatic heterocycles. The number of rotatable bonds is 4.